The molecule has 174 valence electrons. The number of carbonyl (C=O) groups is 1. The second-order valence-corrected chi connectivity index (χ2v) is 6.67. The van der Waals surface area contributed by atoms with Crippen molar-refractivity contribution in [1.29, 1.82) is 0 Å². The van der Waals surface area contributed by atoms with Gasteiger partial charge < -0.3 is 16.6 Å². The summed E-state index contributed by atoms with van der Waals surface area (Å²) < 4.78 is 24.8. The van der Waals surface area contributed by atoms with Gasteiger partial charge in [0.25, 0.3) is 0 Å². The third-order valence-corrected chi connectivity index (χ3v) is 4.50. The second-order valence-electron chi connectivity index (χ2n) is 6.67. The third kappa shape index (κ3) is 6.84. The number of aromatic nitrogens is 2. The molecule has 0 bridgehead atoms. The topological polar surface area (TPSA) is 118 Å². The lowest BCUT2D eigenvalue weighted by atomic mass is 10.1. The molecule has 2 aromatic heterocycles. The highest BCUT2D eigenvalue weighted by atomic mass is 32.1. The molecule has 0 saturated carbocycles. The van der Waals surface area contributed by atoms with Gasteiger partial charge in [-0.15, -0.1) is 0 Å². The Hall–Kier alpha value is -2.82. The van der Waals surface area contributed by atoms with Crippen molar-refractivity contribution in [2.75, 3.05) is 32.0 Å². The minimum absolute atomic E-state index is 0. The Morgan fingerprint density at radius 1 is 1.25 bits per heavy atom. The molecule has 1 aromatic carbocycles. The maximum absolute atomic E-state index is 13.3. The van der Waals surface area contributed by atoms with E-state index in [9.17, 15) is 13.6 Å². The molecule has 0 aliphatic carbocycles. The fourth-order valence-corrected chi connectivity index (χ4v) is 3.03. The van der Waals surface area contributed by atoms with Crippen molar-refractivity contribution in [3.05, 3.63) is 54.0 Å². The van der Waals surface area contributed by atoms with E-state index in [0.29, 0.717) is 29.2 Å². The van der Waals surface area contributed by atoms with Crippen LogP contribution in [0.4, 0.5) is 14.6 Å². The maximum Gasteiger partial charge on any atom is 0.337 e. The largest absolute Gasteiger partial charge is 0.478 e. The molecule has 4 rings (SSSR count). The van der Waals surface area contributed by atoms with E-state index in [1.165, 1.54) is 18.3 Å². The zero-order valence-corrected chi connectivity index (χ0v) is 19.1. The van der Waals surface area contributed by atoms with Crippen LogP contribution in [-0.4, -0.2) is 58.3 Å². The summed E-state index contributed by atoms with van der Waals surface area (Å²) in [5.41, 5.74) is 12.6. The van der Waals surface area contributed by atoms with Gasteiger partial charge in [-0.25, -0.2) is 23.5 Å². The summed E-state index contributed by atoms with van der Waals surface area (Å²) in [6.07, 6.45) is 1.20. The lowest BCUT2D eigenvalue weighted by Crippen LogP contribution is -2.56. The first-order valence-electron chi connectivity index (χ1n) is 9.97. The van der Waals surface area contributed by atoms with Crippen LogP contribution in [0.15, 0.2) is 42.6 Å². The molecule has 3 aromatic rings. The zero-order valence-electron chi connectivity index (χ0n) is 18.1. The molecule has 0 unspecified atom stereocenters. The second kappa shape index (κ2) is 12.9. The first-order chi connectivity index (χ1) is 14.9. The van der Waals surface area contributed by atoms with Gasteiger partial charge in [-0.3, -0.25) is 4.90 Å². The predicted molar refractivity (Wildman–Crippen MR) is 128 cm³/mol. The fourth-order valence-electron chi connectivity index (χ4n) is 3.03. The maximum atomic E-state index is 13.3. The van der Waals surface area contributed by atoms with Gasteiger partial charge in [0.1, 0.15) is 23.8 Å². The highest BCUT2D eigenvalue weighted by Gasteiger charge is 2.21. The lowest BCUT2D eigenvalue weighted by molar-refractivity contribution is 0.0698. The molecular weight excluding hydrogens is 436 g/mol. The van der Waals surface area contributed by atoms with E-state index < -0.39 is 5.97 Å². The summed E-state index contributed by atoms with van der Waals surface area (Å²) in [7, 11) is 0. The molecule has 0 spiro atoms. The van der Waals surface area contributed by atoms with Crippen molar-refractivity contribution in [2.24, 2.45) is 5.73 Å². The quantitative estimate of drug-likeness (QED) is 0.540. The summed E-state index contributed by atoms with van der Waals surface area (Å²) in [5.74, 6) is -1.35. The van der Waals surface area contributed by atoms with E-state index in [4.69, 9.17) is 16.6 Å². The van der Waals surface area contributed by atoms with Crippen LogP contribution in [0.2, 0.25) is 0 Å². The van der Waals surface area contributed by atoms with Crippen molar-refractivity contribution < 1.29 is 18.7 Å². The number of hydrogen-bond acceptors (Lipinski definition) is 6. The van der Waals surface area contributed by atoms with Crippen molar-refractivity contribution in [2.45, 2.75) is 19.9 Å². The summed E-state index contributed by atoms with van der Waals surface area (Å²) >= 11 is 0. The molecule has 1 aliphatic rings. The van der Waals surface area contributed by atoms with Crippen molar-refractivity contribution in [3.63, 3.8) is 0 Å². The number of nitrogen functional groups attached to an aromatic ring is 1. The molecule has 10 heteroatoms. The number of nitrogens with zero attached hydrogens (tertiary/aromatic N) is 3. The predicted octanol–water partition coefficient (Wildman–Crippen LogP) is 3.45. The number of hydrogen-bond donors (Lipinski definition) is 3. The molecule has 3 heterocycles. The van der Waals surface area contributed by atoms with E-state index in [1.807, 2.05) is 18.7 Å². The number of halogens is 2. The summed E-state index contributed by atoms with van der Waals surface area (Å²) in [5, 5.41) is 9.54. The number of carboxylic acid groups (broad SMARTS) is 1. The molecule has 0 amide bonds. The molecule has 32 heavy (non-hydrogen) atoms. The van der Waals surface area contributed by atoms with Gasteiger partial charge in [0.2, 0.25) is 0 Å². The number of alkyl halides is 1. The normalized spacial score (nSPS) is 13.0. The Labute approximate surface area is 192 Å². The fraction of sp³-hybridized carbons (Fsp3) is 0.318. The molecule has 1 fully saturated rings. The number of rotatable bonds is 4. The van der Waals surface area contributed by atoms with E-state index in [2.05, 4.69) is 9.97 Å². The zero-order chi connectivity index (χ0) is 23.0. The molecule has 1 saturated heterocycles. The Balaban J connectivity index is 0.000000393. The first-order valence-corrected chi connectivity index (χ1v) is 9.97. The molecule has 1 aliphatic heterocycles. The molecule has 5 N–H and O–H groups in total. The van der Waals surface area contributed by atoms with Gasteiger partial charge in [0, 0.05) is 42.8 Å². The van der Waals surface area contributed by atoms with Crippen LogP contribution < -0.4 is 11.5 Å². The van der Waals surface area contributed by atoms with Crippen LogP contribution in [0.3, 0.4) is 0 Å². The minimum Gasteiger partial charge on any atom is -0.478 e. The average molecular weight is 466 g/mol. The number of benzene rings is 1. The Morgan fingerprint density at radius 2 is 1.94 bits per heavy atom. The van der Waals surface area contributed by atoms with Gasteiger partial charge in [0.05, 0.1) is 11.3 Å². The van der Waals surface area contributed by atoms with E-state index >= 15 is 0 Å². The van der Waals surface area contributed by atoms with Gasteiger partial charge >= 0.3 is 5.97 Å². The number of nitrogens with two attached hydrogens (primary N) is 2. The number of anilines is 1. The number of carboxylic acids is 1. The Kier molecular flexibility index (Phi) is 11.0. The van der Waals surface area contributed by atoms with Crippen LogP contribution in [0, 0.1) is 5.82 Å². The molecular formula is C22H29F2N5O2S. The Morgan fingerprint density at radius 3 is 2.50 bits per heavy atom. The van der Waals surface area contributed by atoms with Crippen molar-refractivity contribution in [1.82, 2.24) is 14.9 Å². The minimum atomic E-state index is -1.10. The Bertz CT molecular complexity index is 1030. The summed E-state index contributed by atoms with van der Waals surface area (Å²) in [4.78, 5) is 21.3. The van der Waals surface area contributed by atoms with Crippen LogP contribution in [0.5, 0.6) is 0 Å². The van der Waals surface area contributed by atoms with Gasteiger partial charge in [-0.2, -0.15) is 13.5 Å². The molecule has 7 nitrogen and oxygen atoms in total. The third-order valence-electron chi connectivity index (χ3n) is 4.50. The molecule has 0 atom stereocenters. The van der Waals surface area contributed by atoms with Crippen LogP contribution >= 0.6 is 13.5 Å². The van der Waals surface area contributed by atoms with Crippen molar-refractivity contribution >= 4 is 36.2 Å². The number of likely N-dealkylation sites (tertiary alicyclic amines) is 1. The summed E-state index contributed by atoms with van der Waals surface area (Å²) in [6.45, 7) is 6.08. The number of fused-ring (bicyclic) bond motifs is 1. The van der Waals surface area contributed by atoms with E-state index in [1.54, 1.807) is 24.3 Å². The lowest BCUT2D eigenvalue weighted by Gasteiger charge is -2.35. The SMILES string of the molecule is CC.NC1CN(CCF)C1.Nc1ncc(C(=O)O)c2ccc(-c3cccc(F)c3)nc12.S. The monoisotopic (exact) mass is 465 g/mol. The van der Waals surface area contributed by atoms with Gasteiger partial charge in [0.15, 0.2) is 0 Å². The standard InChI is InChI=1S/C15H10FN3O2.C5H11FN2.C2H6.H2S/c16-9-3-1-2-8(6-9)12-5-4-10-11(15(20)21)7-18-14(17)13(10)19-12;6-1-2-8-3-5(7)4-8;1-2;/h1-7H,(H2,17,18)(H,20,21);5H,1-4,7H2;1-2H3;1H2. The highest BCUT2D eigenvalue weighted by molar-refractivity contribution is 7.59. The smallest absolute Gasteiger partial charge is 0.337 e. The first kappa shape index (κ1) is 27.2. The number of aromatic carboxylic acids is 1. The van der Waals surface area contributed by atoms with Gasteiger partial charge in [-0.1, -0.05) is 26.0 Å². The van der Waals surface area contributed by atoms with Gasteiger partial charge in [-0.05, 0) is 24.3 Å². The summed E-state index contributed by atoms with van der Waals surface area (Å²) in [6, 6.07) is 9.50. The van der Waals surface area contributed by atoms with E-state index in [-0.39, 0.29) is 42.9 Å². The van der Waals surface area contributed by atoms with Crippen LogP contribution in [0.1, 0.15) is 24.2 Å². The van der Waals surface area contributed by atoms with Crippen molar-refractivity contribution in [3.8, 4) is 11.3 Å². The molecule has 0 radical (unpaired) electrons. The average Bonchev–Trinajstić information content (AvgIpc) is 2.75. The van der Waals surface area contributed by atoms with Crippen LogP contribution in [0.25, 0.3) is 22.2 Å². The number of pyridine rings is 2. The van der Waals surface area contributed by atoms with E-state index in [0.717, 1.165) is 13.1 Å². The van der Waals surface area contributed by atoms with Crippen LogP contribution in [-0.2, 0) is 0 Å². The highest BCUT2D eigenvalue weighted by Crippen LogP contribution is 2.26.